The molecule has 11 heteroatoms. The monoisotopic (exact) mass is 726 g/mol. The van der Waals surface area contributed by atoms with Crippen molar-refractivity contribution in [2.75, 3.05) is 13.1 Å². The summed E-state index contributed by atoms with van der Waals surface area (Å²) in [5.41, 5.74) is 4.85. The standard InChI is InChI=1S/C29H25Cl2FN4O.C6H7NO.C5H9N/c1-15-19-14-22(23-8-4-12-36(23)29(37)16-9-10-16)35-27(19)20-13-17(5-3-11-33)24(26(32)28(20)34-15)18-6-2-7-21(30)25(18)31;1-5-6(8)3-2-4-7-5;1-4-2-5(1)6-3-4/h2,6-7,13-14,16,23,35H,3-5,8-10,12H2,1H3;2-4,8H,1H3;4-6H,1-3H2. The number of aromatic hydroxyl groups is 1. The smallest absolute Gasteiger partial charge is 0.226 e. The maximum atomic E-state index is 16.3. The summed E-state index contributed by atoms with van der Waals surface area (Å²) >= 11 is 12.8. The van der Waals surface area contributed by atoms with E-state index in [1.165, 1.54) is 19.4 Å². The van der Waals surface area contributed by atoms with E-state index in [2.05, 4.69) is 32.4 Å². The Labute approximate surface area is 307 Å². The Balaban J connectivity index is 0.000000238. The summed E-state index contributed by atoms with van der Waals surface area (Å²) in [4.78, 5) is 27.0. The summed E-state index contributed by atoms with van der Waals surface area (Å²) in [6.45, 7) is 5.71. The summed E-state index contributed by atoms with van der Waals surface area (Å²) < 4.78 is 16.3. The average molecular weight is 728 g/mol. The van der Waals surface area contributed by atoms with Gasteiger partial charge in [0.1, 0.15) is 11.3 Å². The highest BCUT2D eigenvalue weighted by atomic mass is 35.5. The second-order valence-electron chi connectivity index (χ2n) is 14.1. The fraction of sp³-hybridized carbons (Fsp3) is 0.400. The molecule has 2 bridgehead atoms. The molecule has 1 unspecified atom stereocenters. The molecule has 5 aliphatic rings. The molecule has 8 nitrogen and oxygen atoms in total. The third kappa shape index (κ3) is 7.15. The average Bonchev–Trinajstić information content (AvgIpc) is 3.51. The first-order valence-corrected chi connectivity index (χ1v) is 18.5. The number of amides is 1. The molecule has 0 spiro atoms. The first kappa shape index (κ1) is 35.2. The number of aromatic amines is 1. The van der Waals surface area contributed by atoms with Gasteiger partial charge in [-0.2, -0.15) is 5.26 Å². The van der Waals surface area contributed by atoms with Gasteiger partial charge >= 0.3 is 0 Å². The SMILES string of the molecule is C1NC2CC1C2.Cc1nc2c(F)c(-c3cccc(Cl)c3Cl)c(CCC#N)cc2c2[nH]c(C3CCCN3C(=O)C3CC3)cc12.Cc1ncccc1O. The third-order valence-corrected chi connectivity index (χ3v) is 11.4. The molecule has 264 valence electrons. The van der Waals surface area contributed by atoms with Gasteiger partial charge in [-0.25, -0.2) is 9.37 Å². The third-order valence-electron chi connectivity index (χ3n) is 10.6. The van der Waals surface area contributed by atoms with E-state index < -0.39 is 5.82 Å². The molecule has 10 rings (SSSR count). The molecule has 3 N–H and O–H groups in total. The van der Waals surface area contributed by atoms with Gasteiger partial charge in [-0.15, -0.1) is 0 Å². The van der Waals surface area contributed by atoms with E-state index in [0.717, 1.165) is 60.8 Å². The Kier molecular flexibility index (Phi) is 10.2. The summed E-state index contributed by atoms with van der Waals surface area (Å²) in [6, 6.07) is 15.5. The van der Waals surface area contributed by atoms with Gasteiger partial charge in [0, 0.05) is 64.4 Å². The summed E-state index contributed by atoms with van der Waals surface area (Å²) in [5.74, 6) is 1.26. The van der Waals surface area contributed by atoms with Crippen molar-refractivity contribution in [3.8, 4) is 22.9 Å². The molecule has 51 heavy (non-hydrogen) atoms. The van der Waals surface area contributed by atoms with Gasteiger partial charge < -0.3 is 20.3 Å². The zero-order chi connectivity index (χ0) is 35.8. The van der Waals surface area contributed by atoms with Crippen LogP contribution in [0.15, 0.2) is 48.7 Å². The molecule has 3 aromatic heterocycles. The highest BCUT2D eigenvalue weighted by Crippen LogP contribution is 2.43. The van der Waals surface area contributed by atoms with E-state index in [1.54, 1.807) is 43.5 Å². The number of nitrogens with one attached hydrogen (secondary N) is 2. The van der Waals surface area contributed by atoms with Gasteiger partial charge in [0.15, 0.2) is 5.82 Å². The predicted octanol–water partition coefficient (Wildman–Crippen LogP) is 9.13. The molecule has 2 aromatic carbocycles. The molecule has 2 aliphatic carbocycles. The van der Waals surface area contributed by atoms with E-state index in [0.29, 0.717) is 44.9 Å². The zero-order valence-corrected chi connectivity index (χ0v) is 30.3. The first-order chi connectivity index (χ1) is 24.6. The molecule has 1 amide bonds. The lowest BCUT2D eigenvalue weighted by Gasteiger charge is -2.24. The largest absolute Gasteiger partial charge is 0.506 e. The number of carbonyl (C=O) groups excluding carboxylic acids is 1. The van der Waals surface area contributed by atoms with Gasteiger partial charge in [-0.3, -0.25) is 9.78 Å². The van der Waals surface area contributed by atoms with Crippen molar-refractivity contribution in [3.05, 3.63) is 87.2 Å². The number of nitrogens with zero attached hydrogens (tertiary/aromatic N) is 4. The number of carbonyl (C=O) groups is 1. The van der Waals surface area contributed by atoms with Gasteiger partial charge in [-0.05, 0) is 107 Å². The van der Waals surface area contributed by atoms with Crippen LogP contribution in [-0.4, -0.2) is 50.0 Å². The minimum atomic E-state index is -0.484. The molecule has 0 radical (unpaired) electrons. The molecular weight excluding hydrogens is 686 g/mol. The zero-order valence-electron chi connectivity index (χ0n) is 28.8. The molecule has 1 atom stereocenters. The highest BCUT2D eigenvalue weighted by molar-refractivity contribution is 6.43. The molecule has 5 aromatic rings. The van der Waals surface area contributed by atoms with E-state index in [9.17, 15) is 10.1 Å². The summed E-state index contributed by atoms with van der Waals surface area (Å²) in [5, 5.41) is 23.7. The van der Waals surface area contributed by atoms with Crippen LogP contribution in [0.1, 0.15) is 73.6 Å². The second-order valence-corrected chi connectivity index (χ2v) is 14.9. The number of hydrogen-bond acceptors (Lipinski definition) is 6. The van der Waals surface area contributed by atoms with Crippen molar-refractivity contribution in [3.63, 3.8) is 0 Å². The second kappa shape index (κ2) is 14.8. The molecule has 3 saturated heterocycles. The number of H-pyrrole nitrogens is 1. The van der Waals surface area contributed by atoms with Crippen LogP contribution in [0, 0.1) is 42.8 Å². The number of likely N-dealkylation sites (tertiary alicyclic amines) is 1. The Morgan fingerprint density at radius 3 is 2.53 bits per heavy atom. The number of benzene rings is 2. The van der Waals surface area contributed by atoms with E-state index >= 15 is 4.39 Å². The number of aromatic nitrogens is 3. The van der Waals surface area contributed by atoms with Crippen LogP contribution in [0.25, 0.3) is 32.9 Å². The normalized spacial score (nSPS) is 20.3. The Morgan fingerprint density at radius 1 is 1.10 bits per heavy atom. The first-order valence-electron chi connectivity index (χ1n) is 17.7. The fourth-order valence-electron chi connectivity index (χ4n) is 7.55. The van der Waals surface area contributed by atoms with Crippen LogP contribution < -0.4 is 5.32 Å². The number of rotatable bonds is 5. The van der Waals surface area contributed by atoms with Crippen LogP contribution in [0.3, 0.4) is 0 Å². The highest BCUT2D eigenvalue weighted by Gasteiger charge is 2.39. The van der Waals surface area contributed by atoms with Crippen LogP contribution in [0.5, 0.6) is 5.75 Å². The van der Waals surface area contributed by atoms with Crippen LogP contribution >= 0.6 is 23.2 Å². The molecule has 5 fully saturated rings. The van der Waals surface area contributed by atoms with E-state index in [1.807, 2.05) is 17.9 Å². The van der Waals surface area contributed by atoms with Gasteiger partial charge in [-0.1, -0.05) is 35.3 Å². The predicted molar refractivity (Wildman–Crippen MR) is 199 cm³/mol. The van der Waals surface area contributed by atoms with Crippen molar-refractivity contribution in [1.29, 1.82) is 5.26 Å². The molecule has 6 heterocycles. The fourth-order valence-corrected chi connectivity index (χ4v) is 7.94. The quantitative estimate of drug-likeness (QED) is 0.166. The number of nitriles is 1. The summed E-state index contributed by atoms with van der Waals surface area (Å²) in [6.07, 6.45) is 9.00. The van der Waals surface area contributed by atoms with E-state index in [-0.39, 0.29) is 40.6 Å². The maximum absolute atomic E-state index is 16.3. The Hall–Kier alpha value is -4.23. The number of fused-ring (bicyclic) bond motifs is 4. The van der Waals surface area contributed by atoms with Crippen molar-refractivity contribution in [2.45, 2.75) is 77.3 Å². The lowest BCUT2D eigenvalue weighted by molar-refractivity contribution is -0.133. The number of pyridine rings is 2. The Bertz CT molecular complexity index is 2120. The maximum Gasteiger partial charge on any atom is 0.226 e. The Morgan fingerprint density at radius 2 is 1.90 bits per heavy atom. The number of aryl methyl sites for hydroxylation is 3. The summed E-state index contributed by atoms with van der Waals surface area (Å²) in [7, 11) is 0. The van der Waals surface area contributed by atoms with Gasteiger partial charge in [0.25, 0.3) is 0 Å². The molecular formula is C40H41Cl2FN6O2. The molecule has 3 aliphatic heterocycles. The minimum absolute atomic E-state index is 0.0117. The van der Waals surface area contributed by atoms with Gasteiger partial charge in [0.05, 0.1) is 33.4 Å². The van der Waals surface area contributed by atoms with Gasteiger partial charge in [0.2, 0.25) is 5.91 Å². The minimum Gasteiger partial charge on any atom is -0.506 e. The lowest BCUT2D eigenvalue weighted by Crippen LogP contribution is -2.31. The van der Waals surface area contributed by atoms with Crippen LogP contribution in [0.2, 0.25) is 10.0 Å². The van der Waals surface area contributed by atoms with Crippen molar-refractivity contribution in [2.24, 2.45) is 11.8 Å². The van der Waals surface area contributed by atoms with E-state index in [4.69, 9.17) is 28.3 Å². The number of halogens is 3. The van der Waals surface area contributed by atoms with Crippen molar-refractivity contribution in [1.82, 2.24) is 25.2 Å². The van der Waals surface area contributed by atoms with Crippen molar-refractivity contribution < 1.29 is 14.3 Å². The van der Waals surface area contributed by atoms with Crippen molar-refractivity contribution >= 4 is 50.9 Å². The molecule has 2 saturated carbocycles. The van der Waals surface area contributed by atoms with Crippen LogP contribution in [-0.2, 0) is 11.2 Å². The topological polar surface area (TPSA) is 118 Å². The van der Waals surface area contributed by atoms with Crippen LogP contribution in [0.4, 0.5) is 4.39 Å². The lowest BCUT2D eigenvalue weighted by atomic mass is 9.87. The number of hydrogen-bond donors (Lipinski definition) is 3.